The first-order valence-corrected chi connectivity index (χ1v) is 6.17. The molecule has 4 atom stereocenters. The minimum Gasteiger partial charge on any atom is -0.481 e. The molecule has 8 heteroatoms. The molecule has 6 N–H and O–H groups in total. The highest BCUT2D eigenvalue weighted by molar-refractivity contribution is 5.66. The van der Waals surface area contributed by atoms with Crippen molar-refractivity contribution in [1.29, 1.82) is 0 Å². The Bertz CT molecular complexity index is 268. The van der Waals surface area contributed by atoms with Crippen LogP contribution in [-0.2, 0) is 9.59 Å². The van der Waals surface area contributed by atoms with Gasteiger partial charge in [0.25, 0.3) is 0 Å². The quantitative estimate of drug-likeness (QED) is 0.284. The van der Waals surface area contributed by atoms with E-state index in [1.807, 2.05) is 13.8 Å². The van der Waals surface area contributed by atoms with E-state index in [9.17, 15) is 9.59 Å². The topological polar surface area (TPSA) is 156 Å². The molecule has 0 bridgehead atoms. The summed E-state index contributed by atoms with van der Waals surface area (Å²) in [5, 5.41) is 51.7. The summed E-state index contributed by atoms with van der Waals surface area (Å²) >= 11 is 0. The van der Waals surface area contributed by atoms with Crippen LogP contribution in [-0.4, -0.2) is 73.9 Å². The van der Waals surface area contributed by atoms with E-state index in [0.717, 1.165) is 6.42 Å². The average Bonchev–Trinajstić information content (AvgIpc) is 2.42. The molecule has 20 heavy (non-hydrogen) atoms. The number of carbonyl (C=O) groups is 2. The van der Waals surface area contributed by atoms with Crippen LogP contribution in [0, 0.1) is 5.92 Å². The van der Waals surface area contributed by atoms with Crippen LogP contribution in [0.25, 0.3) is 0 Å². The molecule has 0 saturated heterocycles. The van der Waals surface area contributed by atoms with Crippen molar-refractivity contribution in [1.82, 2.24) is 0 Å². The highest BCUT2D eigenvalue weighted by Gasteiger charge is 2.29. The van der Waals surface area contributed by atoms with Gasteiger partial charge in [-0.15, -0.1) is 0 Å². The number of aliphatic carboxylic acids is 1. The normalized spacial score (nSPS) is 16.6. The maximum atomic E-state index is 9.90. The number of carboxylic acids is 1. The van der Waals surface area contributed by atoms with Gasteiger partial charge in [-0.1, -0.05) is 13.8 Å². The van der Waals surface area contributed by atoms with Gasteiger partial charge in [-0.25, -0.2) is 0 Å². The Labute approximate surface area is 117 Å². The van der Waals surface area contributed by atoms with Gasteiger partial charge in [0.15, 0.2) is 6.29 Å². The average molecular weight is 296 g/mol. The van der Waals surface area contributed by atoms with Gasteiger partial charge in [-0.2, -0.15) is 0 Å². The Morgan fingerprint density at radius 3 is 1.85 bits per heavy atom. The molecule has 0 heterocycles. The Balaban J connectivity index is 0. The van der Waals surface area contributed by atoms with Crippen molar-refractivity contribution >= 4 is 12.3 Å². The predicted octanol–water partition coefficient (Wildman–Crippen LogP) is -1.87. The van der Waals surface area contributed by atoms with Gasteiger partial charge in [-0.3, -0.25) is 4.79 Å². The van der Waals surface area contributed by atoms with Crippen LogP contribution in [0.2, 0.25) is 0 Å². The molecule has 0 amide bonds. The van der Waals surface area contributed by atoms with E-state index >= 15 is 0 Å². The van der Waals surface area contributed by atoms with Crippen LogP contribution in [0.5, 0.6) is 0 Å². The Kier molecular flexibility index (Phi) is 12.5. The Morgan fingerprint density at radius 1 is 1.10 bits per heavy atom. The van der Waals surface area contributed by atoms with Gasteiger partial charge in [0.2, 0.25) is 0 Å². The monoisotopic (exact) mass is 296 g/mol. The summed E-state index contributed by atoms with van der Waals surface area (Å²) in [6, 6.07) is 0. The number of hydrogen-bond donors (Lipinski definition) is 6. The molecule has 0 aliphatic heterocycles. The predicted molar refractivity (Wildman–Crippen MR) is 68.9 cm³/mol. The van der Waals surface area contributed by atoms with E-state index in [-0.39, 0.29) is 6.29 Å². The zero-order valence-electron chi connectivity index (χ0n) is 11.6. The van der Waals surface area contributed by atoms with Crippen molar-refractivity contribution in [3.8, 4) is 0 Å². The number of carboxylic acid groups (broad SMARTS) is 1. The van der Waals surface area contributed by atoms with E-state index in [1.54, 1.807) is 0 Å². The third-order valence-corrected chi connectivity index (χ3v) is 2.36. The van der Waals surface area contributed by atoms with Gasteiger partial charge in [0, 0.05) is 6.42 Å². The zero-order chi connectivity index (χ0) is 16.3. The van der Waals surface area contributed by atoms with Crippen molar-refractivity contribution < 1.29 is 40.2 Å². The lowest BCUT2D eigenvalue weighted by Gasteiger charge is -2.22. The molecule has 0 saturated carbocycles. The second-order valence-electron chi connectivity index (χ2n) is 4.68. The van der Waals surface area contributed by atoms with E-state index in [1.165, 1.54) is 0 Å². The molecule has 0 aliphatic rings. The number of carbonyl (C=O) groups excluding carboxylic acids is 1. The molecule has 0 aliphatic carbocycles. The molecule has 0 spiro atoms. The van der Waals surface area contributed by atoms with E-state index < -0.39 is 37.0 Å². The van der Waals surface area contributed by atoms with Gasteiger partial charge in [-0.05, 0) is 12.3 Å². The van der Waals surface area contributed by atoms with Gasteiger partial charge >= 0.3 is 5.97 Å². The summed E-state index contributed by atoms with van der Waals surface area (Å²) in [6.45, 7) is 3.27. The summed E-state index contributed by atoms with van der Waals surface area (Å²) in [5.41, 5.74) is 0. The minimum atomic E-state index is -1.79. The van der Waals surface area contributed by atoms with Crippen LogP contribution >= 0.6 is 0 Å². The molecule has 120 valence electrons. The fourth-order valence-electron chi connectivity index (χ4n) is 1.03. The first-order chi connectivity index (χ1) is 9.17. The molecule has 0 aromatic rings. The molecule has 0 fully saturated rings. The Hall–Kier alpha value is -1.06. The Morgan fingerprint density at radius 2 is 1.60 bits per heavy atom. The second kappa shape index (κ2) is 11.7. The zero-order valence-corrected chi connectivity index (χ0v) is 11.6. The maximum Gasteiger partial charge on any atom is 0.303 e. The first kappa shape index (κ1) is 21.2. The van der Waals surface area contributed by atoms with Crippen LogP contribution < -0.4 is 0 Å². The van der Waals surface area contributed by atoms with Gasteiger partial charge in [0.05, 0.1) is 6.61 Å². The molecule has 0 rings (SSSR count). The van der Waals surface area contributed by atoms with Crippen LogP contribution in [0.1, 0.15) is 26.7 Å². The summed E-state index contributed by atoms with van der Waals surface area (Å²) in [6.07, 6.45) is -5.75. The minimum absolute atomic E-state index is 0.0258. The lowest BCUT2D eigenvalue weighted by atomic mass is 10.0. The maximum absolute atomic E-state index is 9.90. The molecule has 4 unspecified atom stereocenters. The fraction of sp³-hybridized carbons (Fsp3) is 0.833. The van der Waals surface area contributed by atoms with Crippen LogP contribution in [0.3, 0.4) is 0 Å². The second-order valence-corrected chi connectivity index (χ2v) is 4.68. The van der Waals surface area contributed by atoms with Gasteiger partial charge < -0.3 is 35.4 Å². The lowest BCUT2D eigenvalue weighted by Crippen LogP contribution is -2.46. The molecule has 0 radical (unpaired) electrons. The molecular formula is C12H24O8. The highest BCUT2D eigenvalue weighted by Crippen LogP contribution is 2.03. The summed E-state index contributed by atoms with van der Waals surface area (Å²) in [4.78, 5) is 19.8. The smallest absolute Gasteiger partial charge is 0.303 e. The largest absolute Gasteiger partial charge is 0.481 e. The third kappa shape index (κ3) is 10.8. The highest BCUT2D eigenvalue weighted by atomic mass is 16.4. The van der Waals surface area contributed by atoms with Gasteiger partial charge in [0.1, 0.15) is 24.4 Å². The third-order valence-electron chi connectivity index (χ3n) is 2.36. The van der Waals surface area contributed by atoms with Crippen LogP contribution in [0.4, 0.5) is 0 Å². The number of rotatable bonds is 8. The fourth-order valence-corrected chi connectivity index (χ4v) is 1.03. The summed E-state index contributed by atoms with van der Waals surface area (Å²) in [5.74, 6) is -0.190. The van der Waals surface area contributed by atoms with Crippen molar-refractivity contribution in [2.45, 2.75) is 51.1 Å². The van der Waals surface area contributed by atoms with Crippen molar-refractivity contribution in [3.63, 3.8) is 0 Å². The first-order valence-electron chi connectivity index (χ1n) is 6.17. The molecule has 0 aromatic carbocycles. The molecular weight excluding hydrogens is 272 g/mol. The number of aliphatic hydroxyl groups excluding tert-OH is 5. The van der Waals surface area contributed by atoms with Crippen LogP contribution in [0.15, 0.2) is 0 Å². The summed E-state index contributed by atoms with van der Waals surface area (Å²) in [7, 11) is 0. The van der Waals surface area contributed by atoms with E-state index in [2.05, 4.69) is 0 Å². The molecule has 0 aromatic heterocycles. The number of hydrogen-bond acceptors (Lipinski definition) is 7. The molecule has 8 nitrogen and oxygen atoms in total. The number of aldehydes is 1. The van der Waals surface area contributed by atoms with Crippen molar-refractivity contribution in [2.75, 3.05) is 6.61 Å². The lowest BCUT2D eigenvalue weighted by molar-refractivity contribution is -0.137. The van der Waals surface area contributed by atoms with Crippen molar-refractivity contribution in [2.24, 2.45) is 5.92 Å². The number of aliphatic hydroxyl groups is 5. The van der Waals surface area contributed by atoms with E-state index in [0.29, 0.717) is 12.3 Å². The van der Waals surface area contributed by atoms with Crippen molar-refractivity contribution in [3.05, 3.63) is 0 Å². The summed E-state index contributed by atoms with van der Waals surface area (Å²) < 4.78 is 0. The standard InChI is InChI=1S/C6H12O6.C6H12O2/c7-1-3(9)5(11)6(12)4(10)2-8;1-5(2)3-4-6(7)8/h1,3-6,8-12H,2H2;5H,3-4H2,1-2H3,(H,7,8). The van der Waals surface area contributed by atoms with E-state index in [4.69, 9.17) is 30.6 Å². The SMILES string of the molecule is CC(C)CCC(=O)O.O=CC(O)C(O)C(O)C(O)CO.